The second-order valence-electron chi connectivity index (χ2n) is 9.25. The first kappa shape index (κ1) is 20.9. The molecule has 4 saturated heterocycles. The molecule has 0 radical (unpaired) electrons. The van der Waals surface area contributed by atoms with E-state index >= 15 is 0 Å². The van der Waals surface area contributed by atoms with E-state index in [1.54, 1.807) is 9.80 Å². The van der Waals surface area contributed by atoms with Gasteiger partial charge < -0.3 is 24.4 Å². The fourth-order valence-corrected chi connectivity index (χ4v) is 5.39. The normalized spacial score (nSPS) is 30.6. The Morgan fingerprint density at radius 3 is 2.32 bits per heavy atom. The maximum Gasteiger partial charge on any atom is 0.259 e. The first-order valence-corrected chi connectivity index (χ1v) is 11.3. The minimum absolute atomic E-state index is 0.00871. The standard InChI is InChI=1S/C23H31N3O5/c1-24-18(6-7-20-19(24)8-13-31-20)16-2-4-17(5-3-16)21(27)25-9-11-26(12-10-25)22(28)23(29)14-30-15-23/h2-5,18-20,29H,6-15H2,1H3. The molecular formula is C23H31N3O5. The van der Waals surface area contributed by atoms with Crippen molar-refractivity contribution in [1.29, 1.82) is 0 Å². The number of hydrogen-bond acceptors (Lipinski definition) is 6. The van der Waals surface area contributed by atoms with E-state index in [1.807, 2.05) is 12.1 Å². The number of piperazine rings is 1. The first-order valence-electron chi connectivity index (χ1n) is 11.3. The molecule has 1 aromatic rings. The van der Waals surface area contributed by atoms with Gasteiger partial charge in [-0.1, -0.05) is 12.1 Å². The van der Waals surface area contributed by atoms with E-state index in [9.17, 15) is 14.7 Å². The topological polar surface area (TPSA) is 82.6 Å². The Morgan fingerprint density at radius 1 is 1.00 bits per heavy atom. The van der Waals surface area contributed by atoms with Crippen LogP contribution in [-0.4, -0.2) is 102 Å². The van der Waals surface area contributed by atoms with Gasteiger partial charge in [0.05, 0.1) is 19.3 Å². The third-order valence-electron chi connectivity index (χ3n) is 7.39. The third-order valence-corrected chi connectivity index (χ3v) is 7.39. The Labute approximate surface area is 182 Å². The summed E-state index contributed by atoms with van der Waals surface area (Å²) in [5.41, 5.74) is 0.546. The molecule has 0 bridgehead atoms. The van der Waals surface area contributed by atoms with Crippen LogP contribution in [0.5, 0.6) is 0 Å². The van der Waals surface area contributed by atoms with Crippen LogP contribution in [0.4, 0.5) is 0 Å². The Balaban J connectivity index is 1.19. The number of fused-ring (bicyclic) bond motifs is 1. The molecule has 3 unspecified atom stereocenters. The molecule has 2 amide bonds. The van der Waals surface area contributed by atoms with Crippen LogP contribution in [0.25, 0.3) is 0 Å². The summed E-state index contributed by atoms with van der Waals surface area (Å²) in [5, 5.41) is 10.2. The highest BCUT2D eigenvalue weighted by Gasteiger charge is 2.47. The van der Waals surface area contributed by atoms with E-state index in [2.05, 4.69) is 24.1 Å². The predicted molar refractivity (Wildman–Crippen MR) is 113 cm³/mol. The van der Waals surface area contributed by atoms with Crippen molar-refractivity contribution in [3.63, 3.8) is 0 Å². The lowest BCUT2D eigenvalue weighted by Gasteiger charge is -2.42. The number of rotatable bonds is 3. The van der Waals surface area contributed by atoms with Crippen LogP contribution in [0.2, 0.25) is 0 Å². The largest absolute Gasteiger partial charge is 0.377 e. The number of ether oxygens (including phenoxy) is 2. The first-order chi connectivity index (χ1) is 15.0. The fraction of sp³-hybridized carbons (Fsp3) is 0.652. The number of carbonyl (C=O) groups is 2. The highest BCUT2D eigenvalue weighted by molar-refractivity contribution is 5.94. The molecule has 0 saturated carbocycles. The number of likely N-dealkylation sites (tertiary alicyclic amines) is 1. The van der Waals surface area contributed by atoms with E-state index < -0.39 is 5.60 Å². The van der Waals surface area contributed by atoms with Crippen molar-refractivity contribution in [2.45, 2.75) is 43.1 Å². The molecule has 8 heteroatoms. The molecule has 4 aliphatic rings. The Kier molecular flexibility index (Phi) is 5.50. The van der Waals surface area contributed by atoms with Gasteiger partial charge >= 0.3 is 0 Å². The van der Waals surface area contributed by atoms with Gasteiger partial charge in [-0.25, -0.2) is 0 Å². The summed E-state index contributed by atoms with van der Waals surface area (Å²) in [5.74, 6) is -0.299. The van der Waals surface area contributed by atoms with E-state index in [-0.39, 0.29) is 25.0 Å². The monoisotopic (exact) mass is 429 g/mol. The molecule has 0 spiro atoms. The maximum absolute atomic E-state index is 13.0. The number of aliphatic hydroxyl groups is 1. The molecule has 3 atom stereocenters. The molecule has 4 fully saturated rings. The molecule has 4 aliphatic heterocycles. The molecule has 4 heterocycles. The lowest BCUT2D eigenvalue weighted by Crippen LogP contribution is -2.64. The van der Waals surface area contributed by atoms with Crippen molar-refractivity contribution >= 4 is 11.8 Å². The van der Waals surface area contributed by atoms with Gasteiger partial charge in [-0.2, -0.15) is 0 Å². The minimum Gasteiger partial charge on any atom is -0.377 e. The number of carbonyl (C=O) groups excluding carboxylic acids is 2. The van der Waals surface area contributed by atoms with Gasteiger partial charge in [-0.05, 0) is 44.0 Å². The van der Waals surface area contributed by atoms with Crippen molar-refractivity contribution in [3.05, 3.63) is 35.4 Å². The van der Waals surface area contributed by atoms with E-state index in [4.69, 9.17) is 9.47 Å². The number of benzene rings is 1. The number of amides is 2. The van der Waals surface area contributed by atoms with Gasteiger partial charge in [-0.15, -0.1) is 0 Å². The van der Waals surface area contributed by atoms with Crippen molar-refractivity contribution < 1.29 is 24.2 Å². The van der Waals surface area contributed by atoms with Crippen LogP contribution in [0.1, 0.15) is 41.2 Å². The van der Waals surface area contributed by atoms with Crippen LogP contribution in [0.15, 0.2) is 24.3 Å². The lowest BCUT2D eigenvalue weighted by molar-refractivity contribution is -0.201. The smallest absolute Gasteiger partial charge is 0.259 e. The average molecular weight is 430 g/mol. The molecule has 31 heavy (non-hydrogen) atoms. The van der Waals surface area contributed by atoms with Crippen LogP contribution in [0, 0.1) is 0 Å². The molecule has 8 nitrogen and oxygen atoms in total. The number of hydrogen-bond donors (Lipinski definition) is 1. The number of nitrogens with zero attached hydrogens (tertiary/aromatic N) is 3. The van der Waals surface area contributed by atoms with Crippen molar-refractivity contribution in [2.75, 3.05) is 53.0 Å². The Hall–Kier alpha value is -2.00. The summed E-state index contributed by atoms with van der Waals surface area (Å²) < 4.78 is 10.8. The highest BCUT2D eigenvalue weighted by atomic mass is 16.5. The van der Waals surface area contributed by atoms with Gasteiger partial charge in [0.25, 0.3) is 11.8 Å². The molecule has 1 aromatic carbocycles. The maximum atomic E-state index is 13.0. The third kappa shape index (κ3) is 3.75. The molecule has 1 N–H and O–H groups in total. The van der Waals surface area contributed by atoms with Gasteiger partial charge in [0.15, 0.2) is 5.60 Å². The van der Waals surface area contributed by atoms with Crippen molar-refractivity contribution in [1.82, 2.24) is 14.7 Å². The summed E-state index contributed by atoms with van der Waals surface area (Å²) in [6.45, 7) is 2.77. The lowest BCUT2D eigenvalue weighted by atomic mass is 9.89. The van der Waals surface area contributed by atoms with Crippen LogP contribution < -0.4 is 0 Å². The zero-order chi connectivity index (χ0) is 21.6. The predicted octanol–water partition coefficient (Wildman–Crippen LogP) is 0.657. The minimum atomic E-state index is -1.38. The van der Waals surface area contributed by atoms with Crippen LogP contribution in [0.3, 0.4) is 0 Å². The summed E-state index contributed by atoms with van der Waals surface area (Å²) in [6.07, 6.45) is 3.61. The Bertz CT molecular complexity index is 832. The average Bonchev–Trinajstić information content (AvgIpc) is 3.27. The zero-order valence-corrected chi connectivity index (χ0v) is 18.0. The van der Waals surface area contributed by atoms with Gasteiger partial charge in [-0.3, -0.25) is 14.5 Å². The van der Waals surface area contributed by atoms with Gasteiger partial charge in [0.2, 0.25) is 0 Å². The van der Waals surface area contributed by atoms with Crippen LogP contribution >= 0.6 is 0 Å². The quantitative estimate of drug-likeness (QED) is 0.760. The van der Waals surface area contributed by atoms with E-state index in [0.29, 0.717) is 49.9 Å². The van der Waals surface area contributed by atoms with Crippen molar-refractivity contribution in [3.8, 4) is 0 Å². The summed E-state index contributed by atoms with van der Waals surface area (Å²) >= 11 is 0. The fourth-order valence-electron chi connectivity index (χ4n) is 5.39. The number of piperidine rings is 1. The molecule has 0 aromatic heterocycles. The molecule has 168 valence electrons. The van der Waals surface area contributed by atoms with E-state index in [1.165, 1.54) is 5.56 Å². The number of likely N-dealkylation sites (N-methyl/N-ethyl adjacent to an activating group) is 1. The summed E-state index contributed by atoms with van der Waals surface area (Å²) in [6, 6.07) is 8.86. The van der Waals surface area contributed by atoms with Gasteiger partial charge in [0, 0.05) is 50.4 Å². The SMILES string of the molecule is CN1C(c2ccc(C(=O)N3CCN(C(=O)C4(O)COC4)CC3)cc2)CCC2OCCC21. The Morgan fingerprint density at radius 2 is 1.68 bits per heavy atom. The highest BCUT2D eigenvalue weighted by Crippen LogP contribution is 2.38. The van der Waals surface area contributed by atoms with E-state index in [0.717, 1.165) is 25.9 Å². The van der Waals surface area contributed by atoms with Crippen LogP contribution in [-0.2, 0) is 14.3 Å². The molecule has 5 rings (SSSR count). The zero-order valence-electron chi connectivity index (χ0n) is 18.0. The molecule has 0 aliphatic carbocycles. The van der Waals surface area contributed by atoms with Gasteiger partial charge in [0.1, 0.15) is 0 Å². The second kappa shape index (κ2) is 8.16. The molecular weight excluding hydrogens is 398 g/mol. The summed E-state index contributed by atoms with van der Waals surface area (Å²) in [4.78, 5) is 31.2. The second-order valence-corrected chi connectivity index (χ2v) is 9.25. The summed E-state index contributed by atoms with van der Waals surface area (Å²) in [7, 11) is 2.18. The van der Waals surface area contributed by atoms with Crippen molar-refractivity contribution in [2.24, 2.45) is 0 Å².